The lowest BCUT2D eigenvalue weighted by Crippen LogP contribution is -2.61. The van der Waals surface area contributed by atoms with Crippen molar-refractivity contribution in [3.8, 4) is 0 Å². The lowest BCUT2D eigenvalue weighted by Gasteiger charge is -2.39. The summed E-state index contributed by atoms with van der Waals surface area (Å²) >= 11 is 0. The number of amides is 2. The first kappa shape index (κ1) is 24.7. The third kappa shape index (κ3) is 5.70. The molecular weight excluding hydrogens is 426 g/mol. The number of hydrogen-bond acceptors (Lipinski definition) is 4. The minimum atomic E-state index is -3.56. The summed E-state index contributed by atoms with van der Waals surface area (Å²) < 4.78 is 27.3. The minimum Gasteiger partial charge on any atom is -0.354 e. The number of nitrogens with one attached hydrogen (secondary N) is 2. The van der Waals surface area contributed by atoms with Crippen molar-refractivity contribution in [1.82, 2.24) is 14.9 Å². The molecule has 2 aliphatic rings. The van der Waals surface area contributed by atoms with E-state index < -0.39 is 15.6 Å². The first-order valence-electron chi connectivity index (χ1n) is 12.0. The molecule has 1 saturated heterocycles. The maximum Gasteiger partial charge on any atom is 0.245 e. The summed E-state index contributed by atoms with van der Waals surface area (Å²) in [4.78, 5) is 26.4. The second-order valence-corrected chi connectivity index (χ2v) is 11.2. The Balaban J connectivity index is 1.61. The molecule has 7 nitrogen and oxygen atoms in total. The molecule has 0 radical (unpaired) electrons. The number of rotatable bonds is 8. The highest BCUT2D eigenvalue weighted by Gasteiger charge is 2.42. The molecule has 0 unspecified atom stereocenters. The first-order chi connectivity index (χ1) is 15.3. The van der Waals surface area contributed by atoms with E-state index in [1.54, 1.807) is 24.3 Å². The Morgan fingerprint density at radius 2 is 1.69 bits per heavy atom. The van der Waals surface area contributed by atoms with Crippen LogP contribution in [-0.2, 0) is 19.6 Å². The fourth-order valence-corrected chi connectivity index (χ4v) is 6.14. The van der Waals surface area contributed by atoms with E-state index in [4.69, 9.17) is 0 Å². The van der Waals surface area contributed by atoms with Gasteiger partial charge in [0.2, 0.25) is 21.8 Å². The summed E-state index contributed by atoms with van der Waals surface area (Å²) in [6.07, 6.45) is 7.11. The van der Waals surface area contributed by atoms with E-state index in [0.29, 0.717) is 45.3 Å². The molecule has 0 atom stereocenters. The van der Waals surface area contributed by atoms with Gasteiger partial charge in [-0.25, -0.2) is 8.42 Å². The Labute approximate surface area is 192 Å². The van der Waals surface area contributed by atoms with Crippen LogP contribution >= 0.6 is 0 Å². The maximum absolute atomic E-state index is 13.1. The van der Waals surface area contributed by atoms with E-state index in [1.807, 2.05) is 6.92 Å². The molecule has 32 heavy (non-hydrogen) atoms. The van der Waals surface area contributed by atoms with Gasteiger partial charge in [0.05, 0.1) is 4.90 Å². The Bertz CT molecular complexity index is 884. The molecule has 178 valence electrons. The lowest BCUT2D eigenvalue weighted by atomic mass is 9.80. The Morgan fingerprint density at radius 3 is 2.28 bits per heavy atom. The predicted octanol–water partition coefficient (Wildman–Crippen LogP) is 3.13. The van der Waals surface area contributed by atoms with Crippen LogP contribution in [0.5, 0.6) is 0 Å². The molecule has 8 heteroatoms. The fraction of sp³-hybridized carbons (Fsp3) is 0.667. The fourth-order valence-electron chi connectivity index (χ4n) is 4.67. The minimum absolute atomic E-state index is 0.0709. The van der Waals surface area contributed by atoms with E-state index in [2.05, 4.69) is 17.6 Å². The van der Waals surface area contributed by atoms with Gasteiger partial charge in [-0.1, -0.05) is 50.3 Å². The Morgan fingerprint density at radius 1 is 1.06 bits per heavy atom. The normalized spacial score (nSPS) is 19.9. The van der Waals surface area contributed by atoms with Crippen LogP contribution in [0.25, 0.3) is 0 Å². The zero-order chi connectivity index (χ0) is 23.2. The van der Waals surface area contributed by atoms with E-state index >= 15 is 0 Å². The number of hydrogen-bond donors (Lipinski definition) is 2. The van der Waals surface area contributed by atoms with Crippen LogP contribution in [0.3, 0.4) is 0 Å². The molecule has 0 aromatic heterocycles. The average Bonchev–Trinajstić information content (AvgIpc) is 2.80. The van der Waals surface area contributed by atoms with E-state index in [0.717, 1.165) is 37.7 Å². The maximum atomic E-state index is 13.1. The number of sulfonamides is 1. The monoisotopic (exact) mass is 463 g/mol. The molecule has 1 aromatic rings. The van der Waals surface area contributed by atoms with Crippen LogP contribution in [0.1, 0.15) is 70.3 Å². The van der Waals surface area contributed by atoms with Crippen LogP contribution in [0.4, 0.5) is 0 Å². The number of piperidine rings is 1. The molecule has 1 saturated carbocycles. The predicted molar refractivity (Wildman–Crippen MR) is 125 cm³/mol. The Hall–Kier alpha value is -1.93. The topological polar surface area (TPSA) is 95.6 Å². The summed E-state index contributed by atoms with van der Waals surface area (Å²) in [6.45, 7) is 5.25. The van der Waals surface area contributed by atoms with Crippen molar-refractivity contribution in [2.75, 3.05) is 19.6 Å². The van der Waals surface area contributed by atoms with Gasteiger partial charge in [0, 0.05) is 25.6 Å². The van der Waals surface area contributed by atoms with Crippen LogP contribution in [0.2, 0.25) is 0 Å². The molecule has 1 heterocycles. The van der Waals surface area contributed by atoms with Crippen LogP contribution in [-0.4, -0.2) is 49.7 Å². The molecule has 1 aliphatic carbocycles. The van der Waals surface area contributed by atoms with E-state index in [-0.39, 0.29) is 22.6 Å². The molecule has 2 N–H and O–H groups in total. The number of unbranched alkanes of at least 4 members (excludes halogenated alkanes) is 1. The van der Waals surface area contributed by atoms with Crippen molar-refractivity contribution in [3.05, 3.63) is 29.8 Å². The summed E-state index contributed by atoms with van der Waals surface area (Å²) in [5.41, 5.74) is 0.184. The quantitative estimate of drug-likeness (QED) is 0.579. The molecule has 3 rings (SSSR count). The number of carbonyl (C=O) groups is 2. The highest BCUT2D eigenvalue weighted by molar-refractivity contribution is 7.89. The highest BCUT2D eigenvalue weighted by atomic mass is 32.2. The van der Waals surface area contributed by atoms with Crippen LogP contribution < -0.4 is 10.6 Å². The summed E-state index contributed by atoms with van der Waals surface area (Å²) in [7, 11) is -3.56. The molecule has 2 amide bonds. The Kier molecular flexibility index (Phi) is 8.33. The van der Waals surface area contributed by atoms with Crippen molar-refractivity contribution >= 4 is 21.8 Å². The van der Waals surface area contributed by atoms with E-state index in [9.17, 15) is 18.0 Å². The third-order valence-electron chi connectivity index (χ3n) is 6.80. The van der Waals surface area contributed by atoms with Gasteiger partial charge in [-0.15, -0.1) is 0 Å². The summed E-state index contributed by atoms with van der Waals surface area (Å²) in [5, 5.41) is 6.11. The van der Waals surface area contributed by atoms with Gasteiger partial charge in [0.1, 0.15) is 5.54 Å². The zero-order valence-corrected chi connectivity index (χ0v) is 20.2. The van der Waals surface area contributed by atoms with Gasteiger partial charge in [-0.05, 0) is 51.2 Å². The van der Waals surface area contributed by atoms with Gasteiger partial charge in [0.25, 0.3) is 0 Å². The van der Waals surface area contributed by atoms with Gasteiger partial charge >= 0.3 is 0 Å². The molecule has 1 aliphatic heterocycles. The van der Waals surface area contributed by atoms with Crippen molar-refractivity contribution in [1.29, 1.82) is 0 Å². The second kappa shape index (κ2) is 10.8. The molecule has 0 spiro atoms. The number of nitrogens with zero attached hydrogens (tertiary/aromatic N) is 1. The smallest absolute Gasteiger partial charge is 0.245 e. The van der Waals surface area contributed by atoms with Crippen molar-refractivity contribution in [3.63, 3.8) is 0 Å². The average molecular weight is 464 g/mol. The summed E-state index contributed by atoms with van der Waals surface area (Å²) in [5.74, 6) is -0.468. The van der Waals surface area contributed by atoms with Crippen molar-refractivity contribution in [2.45, 2.75) is 82.1 Å². The number of aryl methyl sites for hydroxylation is 1. The van der Waals surface area contributed by atoms with Gasteiger partial charge < -0.3 is 10.6 Å². The van der Waals surface area contributed by atoms with Crippen LogP contribution in [0, 0.1) is 12.8 Å². The number of benzene rings is 1. The standard InChI is InChI=1S/C24H37N3O4S/c1-3-4-16-25-23(29)24(14-6-5-7-15-24)26-22(28)20-12-17-27(18-13-20)32(30,31)21-10-8-19(2)9-11-21/h8-11,20H,3-7,12-18H2,1-2H3,(H,25,29)(H,26,28). The summed E-state index contributed by atoms with van der Waals surface area (Å²) in [6, 6.07) is 6.85. The molecule has 0 bridgehead atoms. The van der Waals surface area contributed by atoms with Gasteiger partial charge in [-0.3, -0.25) is 9.59 Å². The molecule has 1 aromatic carbocycles. The highest BCUT2D eigenvalue weighted by Crippen LogP contribution is 2.30. The van der Waals surface area contributed by atoms with Gasteiger partial charge in [-0.2, -0.15) is 4.31 Å². The third-order valence-corrected chi connectivity index (χ3v) is 8.72. The van der Waals surface area contributed by atoms with E-state index in [1.165, 1.54) is 4.31 Å². The van der Waals surface area contributed by atoms with Crippen molar-refractivity contribution < 1.29 is 18.0 Å². The van der Waals surface area contributed by atoms with Crippen molar-refractivity contribution in [2.24, 2.45) is 5.92 Å². The first-order valence-corrected chi connectivity index (χ1v) is 13.4. The SMILES string of the molecule is CCCCNC(=O)C1(NC(=O)C2CCN(S(=O)(=O)c3ccc(C)cc3)CC2)CCCCC1. The largest absolute Gasteiger partial charge is 0.354 e. The van der Waals surface area contributed by atoms with Crippen LogP contribution in [0.15, 0.2) is 29.2 Å². The molecular formula is C24H37N3O4S. The second-order valence-electron chi connectivity index (χ2n) is 9.23. The lowest BCUT2D eigenvalue weighted by molar-refractivity contribution is -0.137. The van der Waals surface area contributed by atoms with Gasteiger partial charge in [0.15, 0.2) is 0 Å². The zero-order valence-electron chi connectivity index (χ0n) is 19.4. The number of carbonyl (C=O) groups excluding carboxylic acids is 2. The molecule has 2 fully saturated rings.